The van der Waals surface area contributed by atoms with E-state index in [9.17, 15) is 13.2 Å². The monoisotopic (exact) mass is 355 g/mol. The molecule has 0 radical (unpaired) electrons. The van der Waals surface area contributed by atoms with E-state index in [1.54, 1.807) is 12.1 Å². The van der Waals surface area contributed by atoms with Gasteiger partial charge in [0.1, 0.15) is 0 Å². The highest BCUT2D eigenvalue weighted by molar-refractivity contribution is 7.90. The number of hydrogen-bond donors (Lipinski definition) is 0. The van der Waals surface area contributed by atoms with Gasteiger partial charge in [-0.3, -0.25) is 9.79 Å². The van der Waals surface area contributed by atoms with E-state index in [2.05, 4.69) is 19.9 Å². The fraction of sp³-hybridized carbons (Fsp3) is 0.300. The molecular weight excluding hydrogens is 334 g/mol. The molecule has 0 spiro atoms. The molecule has 2 aromatic rings. The third kappa shape index (κ3) is 3.87. The molecule has 0 atom stereocenters. The van der Waals surface area contributed by atoms with Gasteiger partial charge in [0.15, 0.2) is 15.6 Å². The van der Waals surface area contributed by atoms with Crippen molar-refractivity contribution in [3.05, 3.63) is 65.2 Å². The molecule has 1 heterocycles. The number of carbonyl (C=O) groups is 1. The minimum absolute atomic E-state index is 0.0636. The van der Waals surface area contributed by atoms with Crippen molar-refractivity contribution in [3.63, 3.8) is 0 Å². The third-order valence-corrected chi connectivity index (χ3v) is 5.45. The lowest BCUT2D eigenvalue weighted by molar-refractivity contribution is 0.100. The zero-order valence-corrected chi connectivity index (χ0v) is 15.4. The number of rotatable bonds is 4. The van der Waals surface area contributed by atoms with Gasteiger partial charge in [-0.05, 0) is 43.5 Å². The van der Waals surface area contributed by atoms with E-state index in [4.69, 9.17) is 4.99 Å². The molecule has 1 aliphatic rings. The first-order valence-electron chi connectivity index (χ1n) is 8.16. The van der Waals surface area contributed by atoms with E-state index in [-0.39, 0.29) is 22.6 Å². The summed E-state index contributed by atoms with van der Waals surface area (Å²) in [5.74, 6) is -0.0636. The summed E-state index contributed by atoms with van der Waals surface area (Å²) in [5, 5.41) is 0. The standard InChI is InChI=1S/C20H21NO3S/c1-20(2)13-15-6-4-5-7-17(15)18(21-20)12-19(22)14-8-10-16(11-9-14)25(3,23)24/h4-11H,12-13H2,1-3H3. The number of nitrogens with zero attached hydrogens (tertiary/aromatic N) is 1. The Balaban J connectivity index is 1.88. The average molecular weight is 355 g/mol. The predicted octanol–water partition coefficient (Wildman–Crippen LogP) is 3.49. The highest BCUT2D eigenvalue weighted by Crippen LogP contribution is 2.28. The molecule has 1 aliphatic heterocycles. The van der Waals surface area contributed by atoms with Crippen LogP contribution < -0.4 is 0 Å². The lowest BCUT2D eigenvalue weighted by atomic mass is 9.85. The zero-order valence-electron chi connectivity index (χ0n) is 14.6. The maximum Gasteiger partial charge on any atom is 0.175 e. The van der Waals surface area contributed by atoms with Gasteiger partial charge in [-0.15, -0.1) is 0 Å². The van der Waals surface area contributed by atoms with Gasteiger partial charge < -0.3 is 0 Å². The van der Waals surface area contributed by atoms with E-state index >= 15 is 0 Å². The van der Waals surface area contributed by atoms with Crippen molar-refractivity contribution in [3.8, 4) is 0 Å². The van der Waals surface area contributed by atoms with Crippen LogP contribution >= 0.6 is 0 Å². The molecule has 0 N–H and O–H groups in total. The van der Waals surface area contributed by atoms with E-state index in [0.29, 0.717) is 5.56 Å². The smallest absolute Gasteiger partial charge is 0.175 e. The SMILES string of the molecule is CC1(C)Cc2ccccc2C(CC(=O)c2ccc(S(C)(=O)=O)cc2)=N1. The van der Waals surface area contributed by atoms with Crippen LogP contribution in [-0.4, -0.2) is 31.7 Å². The Bertz CT molecular complexity index is 955. The van der Waals surface area contributed by atoms with Gasteiger partial charge in [0.25, 0.3) is 0 Å². The second-order valence-corrected chi connectivity index (χ2v) is 9.12. The fourth-order valence-electron chi connectivity index (χ4n) is 3.16. The van der Waals surface area contributed by atoms with Crippen LogP contribution in [0.2, 0.25) is 0 Å². The summed E-state index contributed by atoms with van der Waals surface area (Å²) in [7, 11) is -3.26. The van der Waals surface area contributed by atoms with Crippen LogP contribution in [-0.2, 0) is 16.3 Å². The van der Waals surface area contributed by atoms with Gasteiger partial charge in [-0.1, -0.05) is 36.4 Å². The van der Waals surface area contributed by atoms with Crippen molar-refractivity contribution in [2.45, 2.75) is 37.1 Å². The van der Waals surface area contributed by atoms with Crippen molar-refractivity contribution in [2.75, 3.05) is 6.26 Å². The van der Waals surface area contributed by atoms with Gasteiger partial charge in [-0.25, -0.2) is 8.42 Å². The second kappa shape index (κ2) is 6.23. The lowest BCUT2D eigenvalue weighted by Crippen LogP contribution is -2.29. The minimum Gasteiger partial charge on any atom is -0.294 e. The molecule has 0 bridgehead atoms. The number of carbonyl (C=O) groups excluding carboxylic acids is 1. The van der Waals surface area contributed by atoms with Crippen molar-refractivity contribution < 1.29 is 13.2 Å². The van der Waals surface area contributed by atoms with Crippen molar-refractivity contribution in [1.29, 1.82) is 0 Å². The molecule has 2 aromatic carbocycles. The third-order valence-electron chi connectivity index (χ3n) is 4.32. The summed E-state index contributed by atoms with van der Waals surface area (Å²) in [6, 6.07) is 14.1. The Hall–Kier alpha value is -2.27. The van der Waals surface area contributed by atoms with Crippen molar-refractivity contribution >= 4 is 21.3 Å². The van der Waals surface area contributed by atoms with Crippen LogP contribution in [0, 0.1) is 0 Å². The van der Waals surface area contributed by atoms with Crippen molar-refractivity contribution in [2.24, 2.45) is 4.99 Å². The number of hydrogen-bond acceptors (Lipinski definition) is 4. The largest absolute Gasteiger partial charge is 0.294 e. The summed E-state index contributed by atoms with van der Waals surface area (Å²) in [5.41, 5.74) is 3.30. The van der Waals surface area contributed by atoms with Crippen molar-refractivity contribution in [1.82, 2.24) is 0 Å². The van der Waals surface area contributed by atoms with Crippen LogP contribution in [0.5, 0.6) is 0 Å². The number of ketones is 1. The number of aliphatic imine (C=N–C) groups is 1. The topological polar surface area (TPSA) is 63.6 Å². The number of fused-ring (bicyclic) bond motifs is 1. The zero-order chi connectivity index (χ0) is 18.2. The van der Waals surface area contributed by atoms with Crippen LogP contribution in [0.25, 0.3) is 0 Å². The number of benzene rings is 2. The molecule has 3 rings (SSSR count). The Morgan fingerprint density at radius 2 is 1.72 bits per heavy atom. The molecular formula is C20H21NO3S. The molecule has 4 nitrogen and oxygen atoms in total. The van der Waals surface area contributed by atoms with E-state index in [1.807, 2.05) is 18.2 Å². The van der Waals surface area contributed by atoms with E-state index in [1.165, 1.54) is 17.7 Å². The summed E-state index contributed by atoms with van der Waals surface area (Å²) in [4.78, 5) is 17.7. The Labute approximate surface area is 148 Å². The molecule has 0 fully saturated rings. The first-order valence-corrected chi connectivity index (χ1v) is 10.1. The molecule has 0 aliphatic carbocycles. The summed E-state index contributed by atoms with van der Waals surface area (Å²) in [6.07, 6.45) is 2.21. The van der Waals surface area contributed by atoms with Gasteiger partial charge in [0.05, 0.1) is 22.6 Å². The number of Topliss-reactive ketones (excluding diaryl/α,β-unsaturated/α-hetero) is 1. The van der Waals surface area contributed by atoms with Gasteiger partial charge in [-0.2, -0.15) is 0 Å². The Kier molecular flexibility index (Phi) is 4.37. The molecule has 0 unspecified atom stereocenters. The molecule has 0 saturated carbocycles. The molecule has 5 heteroatoms. The minimum atomic E-state index is -3.26. The molecule has 0 amide bonds. The molecule has 25 heavy (non-hydrogen) atoms. The second-order valence-electron chi connectivity index (χ2n) is 7.10. The van der Waals surface area contributed by atoms with E-state index in [0.717, 1.165) is 24.0 Å². The lowest BCUT2D eigenvalue weighted by Gasteiger charge is -2.29. The molecule has 130 valence electrons. The summed E-state index contributed by atoms with van der Waals surface area (Å²) >= 11 is 0. The highest BCUT2D eigenvalue weighted by Gasteiger charge is 2.27. The Morgan fingerprint density at radius 3 is 2.36 bits per heavy atom. The van der Waals surface area contributed by atoms with Crippen LogP contribution in [0.15, 0.2) is 58.4 Å². The van der Waals surface area contributed by atoms with E-state index < -0.39 is 9.84 Å². The molecule has 0 aromatic heterocycles. The predicted molar refractivity (Wildman–Crippen MR) is 99.3 cm³/mol. The summed E-state index contributed by atoms with van der Waals surface area (Å²) in [6.45, 7) is 4.13. The number of sulfone groups is 1. The Morgan fingerprint density at radius 1 is 1.08 bits per heavy atom. The maximum absolute atomic E-state index is 12.7. The van der Waals surface area contributed by atoms with Gasteiger partial charge in [0.2, 0.25) is 0 Å². The molecule has 0 saturated heterocycles. The normalized spacial score (nSPS) is 16.0. The first-order chi connectivity index (χ1) is 11.7. The first kappa shape index (κ1) is 17.5. The van der Waals surface area contributed by atoms with Crippen LogP contribution in [0.4, 0.5) is 0 Å². The quantitative estimate of drug-likeness (QED) is 0.789. The summed E-state index contributed by atoms with van der Waals surface area (Å²) < 4.78 is 23.1. The highest BCUT2D eigenvalue weighted by atomic mass is 32.2. The fourth-order valence-corrected chi connectivity index (χ4v) is 3.79. The van der Waals surface area contributed by atoms with Crippen LogP contribution in [0.1, 0.15) is 41.8 Å². The van der Waals surface area contributed by atoms with Gasteiger partial charge >= 0.3 is 0 Å². The maximum atomic E-state index is 12.7. The van der Waals surface area contributed by atoms with Gasteiger partial charge in [0, 0.05) is 11.8 Å². The van der Waals surface area contributed by atoms with Crippen LogP contribution in [0.3, 0.4) is 0 Å². The average Bonchev–Trinajstić information content (AvgIpc) is 2.53.